The maximum atomic E-state index is 11.5. The van der Waals surface area contributed by atoms with Crippen LogP contribution in [0.5, 0.6) is 5.75 Å². The number of carbonyl (C=O) groups is 2. The molecule has 0 saturated heterocycles. The van der Waals surface area contributed by atoms with Gasteiger partial charge in [-0.2, -0.15) is 0 Å². The second-order valence-corrected chi connectivity index (χ2v) is 7.22. The van der Waals surface area contributed by atoms with E-state index in [2.05, 4.69) is 25.0 Å². The predicted molar refractivity (Wildman–Crippen MR) is 130 cm³/mol. The number of hydrogen-bond donors (Lipinski definition) is 0. The van der Waals surface area contributed by atoms with Crippen molar-refractivity contribution in [2.45, 2.75) is 13.0 Å². The molecule has 0 fully saturated rings. The highest BCUT2D eigenvalue weighted by Crippen LogP contribution is 2.31. The SMILES string of the molecule is C=CC(=O)Cc1ccc(C#Cc2ccc(-c3ccc(COC(=O)C=C)cc3)c(OC)c2)cc1. The molecule has 0 spiro atoms. The zero-order valence-electron chi connectivity index (χ0n) is 18.5. The molecule has 0 atom stereocenters. The third kappa shape index (κ3) is 6.56. The third-order valence-electron chi connectivity index (χ3n) is 4.93. The molecule has 164 valence electrons. The molecule has 0 unspecified atom stereocenters. The first-order chi connectivity index (χ1) is 16.0. The Morgan fingerprint density at radius 1 is 0.848 bits per heavy atom. The summed E-state index contributed by atoms with van der Waals surface area (Å²) in [6.07, 6.45) is 2.82. The van der Waals surface area contributed by atoms with Gasteiger partial charge in [-0.15, -0.1) is 0 Å². The van der Waals surface area contributed by atoms with E-state index < -0.39 is 5.97 Å². The lowest BCUT2D eigenvalue weighted by molar-refractivity contribution is -0.139. The fraction of sp³-hybridized carbons (Fsp3) is 0.103. The maximum Gasteiger partial charge on any atom is 0.330 e. The van der Waals surface area contributed by atoms with Gasteiger partial charge < -0.3 is 9.47 Å². The summed E-state index contributed by atoms with van der Waals surface area (Å²) in [5.41, 5.74) is 5.43. The van der Waals surface area contributed by atoms with E-state index in [9.17, 15) is 9.59 Å². The molecule has 0 N–H and O–H groups in total. The van der Waals surface area contributed by atoms with E-state index in [1.165, 1.54) is 6.08 Å². The van der Waals surface area contributed by atoms with Gasteiger partial charge in [-0.05, 0) is 53.1 Å². The van der Waals surface area contributed by atoms with Crippen LogP contribution >= 0.6 is 0 Å². The van der Waals surface area contributed by atoms with Gasteiger partial charge in [0.05, 0.1) is 7.11 Å². The van der Waals surface area contributed by atoms with Crippen LogP contribution in [0.4, 0.5) is 0 Å². The molecule has 4 heteroatoms. The lowest BCUT2D eigenvalue weighted by atomic mass is 10.0. The maximum absolute atomic E-state index is 11.5. The van der Waals surface area contributed by atoms with Crippen molar-refractivity contribution in [2.24, 2.45) is 0 Å². The van der Waals surface area contributed by atoms with Gasteiger partial charge in [-0.3, -0.25) is 4.79 Å². The molecule has 0 aromatic heterocycles. The van der Waals surface area contributed by atoms with Crippen molar-refractivity contribution >= 4 is 11.8 Å². The molecular formula is C29H24O4. The molecule has 0 amide bonds. The monoisotopic (exact) mass is 436 g/mol. The highest BCUT2D eigenvalue weighted by Gasteiger charge is 2.07. The number of ketones is 1. The first kappa shape index (κ1) is 23.3. The number of rotatable bonds is 8. The minimum absolute atomic E-state index is 0.00760. The molecule has 4 nitrogen and oxygen atoms in total. The van der Waals surface area contributed by atoms with Gasteiger partial charge in [0.15, 0.2) is 5.78 Å². The van der Waals surface area contributed by atoms with E-state index in [0.29, 0.717) is 12.2 Å². The average Bonchev–Trinajstić information content (AvgIpc) is 2.86. The Balaban J connectivity index is 1.74. The summed E-state index contributed by atoms with van der Waals surface area (Å²) in [5.74, 6) is 6.56. The molecule has 3 rings (SSSR count). The number of carbonyl (C=O) groups excluding carboxylic acids is 2. The molecule has 0 radical (unpaired) electrons. The van der Waals surface area contributed by atoms with E-state index in [4.69, 9.17) is 9.47 Å². The average molecular weight is 437 g/mol. The first-order valence-electron chi connectivity index (χ1n) is 10.3. The Kier molecular flexibility index (Phi) is 7.99. The second-order valence-electron chi connectivity index (χ2n) is 7.22. The Morgan fingerprint density at radius 2 is 1.48 bits per heavy atom. The first-order valence-corrected chi connectivity index (χ1v) is 10.3. The van der Waals surface area contributed by atoms with Gasteiger partial charge in [0.1, 0.15) is 12.4 Å². The summed E-state index contributed by atoms with van der Waals surface area (Å²) in [4.78, 5) is 22.7. The van der Waals surface area contributed by atoms with Gasteiger partial charge in [-0.25, -0.2) is 4.79 Å². The van der Waals surface area contributed by atoms with Gasteiger partial charge in [0.2, 0.25) is 0 Å². The van der Waals surface area contributed by atoms with Crippen LogP contribution < -0.4 is 4.74 Å². The van der Waals surface area contributed by atoms with Gasteiger partial charge >= 0.3 is 5.97 Å². The third-order valence-corrected chi connectivity index (χ3v) is 4.93. The van der Waals surface area contributed by atoms with Crippen molar-refractivity contribution in [3.05, 3.63) is 114 Å². The molecular weight excluding hydrogens is 412 g/mol. The molecule has 0 bridgehead atoms. The molecule has 0 aliphatic carbocycles. The Labute approximate surface area is 194 Å². The Bertz CT molecular complexity index is 1220. The predicted octanol–water partition coefficient (Wildman–Crippen LogP) is 5.29. The van der Waals surface area contributed by atoms with Crippen LogP contribution in [0.15, 0.2) is 92.0 Å². The highest BCUT2D eigenvalue weighted by molar-refractivity contribution is 5.90. The van der Waals surface area contributed by atoms with Crippen LogP contribution in [-0.4, -0.2) is 18.9 Å². The molecule has 3 aromatic carbocycles. The van der Waals surface area contributed by atoms with Crippen LogP contribution in [0.3, 0.4) is 0 Å². The molecule has 0 saturated carbocycles. The molecule has 3 aromatic rings. The summed E-state index contributed by atoms with van der Waals surface area (Å²) >= 11 is 0. The Hall–Kier alpha value is -4.36. The van der Waals surface area contributed by atoms with Crippen molar-refractivity contribution < 1.29 is 19.1 Å². The van der Waals surface area contributed by atoms with Crippen LogP contribution in [0.1, 0.15) is 22.3 Å². The summed E-state index contributed by atoms with van der Waals surface area (Å²) < 4.78 is 10.7. The van der Waals surface area contributed by atoms with Gasteiger partial charge in [0, 0.05) is 29.2 Å². The number of methoxy groups -OCH3 is 1. The molecule has 0 aliphatic rings. The van der Waals surface area contributed by atoms with Crippen molar-refractivity contribution in [3.63, 3.8) is 0 Å². The van der Waals surface area contributed by atoms with Crippen LogP contribution in [0, 0.1) is 11.8 Å². The van der Waals surface area contributed by atoms with Gasteiger partial charge in [-0.1, -0.05) is 61.4 Å². The summed E-state index contributed by atoms with van der Waals surface area (Å²) in [6.45, 7) is 7.08. The zero-order chi connectivity index (χ0) is 23.6. The minimum atomic E-state index is -0.448. The van der Waals surface area contributed by atoms with E-state index in [-0.39, 0.29) is 12.4 Å². The van der Waals surface area contributed by atoms with E-state index in [1.54, 1.807) is 7.11 Å². The molecule has 0 heterocycles. The zero-order valence-corrected chi connectivity index (χ0v) is 18.5. The van der Waals surface area contributed by atoms with Crippen LogP contribution in [-0.2, 0) is 27.4 Å². The lowest BCUT2D eigenvalue weighted by Crippen LogP contribution is -2.00. The minimum Gasteiger partial charge on any atom is -0.496 e. The van der Waals surface area contributed by atoms with Crippen molar-refractivity contribution in [1.29, 1.82) is 0 Å². The topological polar surface area (TPSA) is 52.6 Å². The normalized spacial score (nSPS) is 9.85. The van der Waals surface area contributed by atoms with E-state index in [1.807, 2.05) is 66.7 Å². The molecule has 33 heavy (non-hydrogen) atoms. The highest BCUT2D eigenvalue weighted by atomic mass is 16.5. The number of ether oxygens (including phenoxy) is 2. The fourth-order valence-electron chi connectivity index (χ4n) is 3.12. The fourth-order valence-corrected chi connectivity index (χ4v) is 3.12. The quantitative estimate of drug-likeness (QED) is 0.274. The van der Waals surface area contributed by atoms with Gasteiger partial charge in [0.25, 0.3) is 0 Å². The smallest absolute Gasteiger partial charge is 0.330 e. The number of allylic oxidation sites excluding steroid dienone is 1. The molecule has 0 aliphatic heterocycles. The Morgan fingerprint density at radius 3 is 2.12 bits per heavy atom. The van der Waals surface area contributed by atoms with Crippen molar-refractivity contribution in [3.8, 4) is 28.7 Å². The summed E-state index contributed by atoms with van der Waals surface area (Å²) in [5, 5.41) is 0. The van der Waals surface area contributed by atoms with Crippen molar-refractivity contribution in [2.75, 3.05) is 7.11 Å². The standard InChI is InChI=1S/C29H24O4/c1-4-26(30)18-22-9-6-21(7-10-22)8-11-23-14-17-27(28(19-23)32-3)25-15-12-24(13-16-25)20-33-29(31)5-2/h4-7,9-10,12-17,19H,1-2,18,20H2,3H3. The summed E-state index contributed by atoms with van der Waals surface area (Å²) in [7, 11) is 1.63. The van der Waals surface area contributed by atoms with E-state index >= 15 is 0 Å². The van der Waals surface area contributed by atoms with Crippen LogP contribution in [0.25, 0.3) is 11.1 Å². The lowest BCUT2D eigenvalue weighted by Gasteiger charge is -2.10. The largest absolute Gasteiger partial charge is 0.496 e. The van der Waals surface area contributed by atoms with Crippen molar-refractivity contribution in [1.82, 2.24) is 0 Å². The van der Waals surface area contributed by atoms with E-state index in [0.717, 1.165) is 39.5 Å². The summed E-state index contributed by atoms with van der Waals surface area (Å²) in [6, 6.07) is 21.2. The number of hydrogen-bond acceptors (Lipinski definition) is 4. The van der Waals surface area contributed by atoms with Crippen LogP contribution in [0.2, 0.25) is 0 Å². The number of esters is 1. The number of benzene rings is 3. The second kappa shape index (κ2) is 11.3.